The summed E-state index contributed by atoms with van der Waals surface area (Å²) in [7, 11) is 0. The molecule has 1 atom stereocenters. The molecule has 3 rings (SSSR count). The van der Waals surface area contributed by atoms with Crippen LogP contribution in [0.4, 0.5) is 0 Å². The summed E-state index contributed by atoms with van der Waals surface area (Å²) in [6.07, 6.45) is 3.13. The molecular weight excluding hydrogens is 346 g/mol. The van der Waals surface area contributed by atoms with Crippen LogP contribution in [0.15, 0.2) is 12.1 Å². The molecule has 1 amide bonds. The van der Waals surface area contributed by atoms with Gasteiger partial charge in [-0.2, -0.15) is 5.10 Å². The van der Waals surface area contributed by atoms with E-state index in [1.165, 1.54) is 11.3 Å². The van der Waals surface area contributed by atoms with Crippen molar-refractivity contribution in [3.05, 3.63) is 38.3 Å². The Hall–Kier alpha value is -1.37. The van der Waals surface area contributed by atoms with E-state index >= 15 is 0 Å². The SMILES string of the molecule is Cc1nn(CCCNC(=O)c2ccc(C3CCCO3)s2)c(C)c1Cl. The second-order valence-electron chi connectivity index (χ2n) is 6.02. The Kier molecular flexibility index (Phi) is 5.58. The van der Waals surface area contributed by atoms with Crippen LogP contribution in [-0.4, -0.2) is 28.8 Å². The lowest BCUT2D eigenvalue weighted by Crippen LogP contribution is -2.24. The van der Waals surface area contributed by atoms with Gasteiger partial charge in [-0.05, 0) is 45.2 Å². The van der Waals surface area contributed by atoms with Gasteiger partial charge in [0.25, 0.3) is 5.91 Å². The van der Waals surface area contributed by atoms with Gasteiger partial charge in [0.15, 0.2) is 0 Å². The first-order valence-electron chi connectivity index (χ1n) is 8.25. The number of thiophene rings is 1. The Morgan fingerprint density at radius 3 is 3.00 bits per heavy atom. The molecule has 130 valence electrons. The smallest absolute Gasteiger partial charge is 0.261 e. The highest BCUT2D eigenvalue weighted by molar-refractivity contribution is 7.14. The molecule has 0 radical (unpaired) electrons. The fourth-order valence-electron chi connectivity index (χ4n) is 2.86. The number of hydrogen-bond donors (Lipinski definition) is 1. The van der Waals surface area contributed by atoms with E-state index in [4.69, 9.17) is 16.3 Å². The van der Waals surface area contributed by atoms with Gasteiger partial charge in [0.05, 0.1) is 27.4 Å². The lowest BCUT2D eigenvalue weighted by molar-refractivity contribution is 0.0956. The monoisotopic (exact) mass is 367 g/mol. The number of nitrogens with one attached hydrogen (secondary N) is 1. The molecule has 0 saturated carbocycles. The molecule has 1 N–H and O–H groups in total. The third-order valence-corrected chi connectivity index (χ3v) is 5.95. The topological polar surface area (TPSA) is 56.2 Å². The van der Waals surface area contributed by atoms with E-state index in [-0.39, 0.29) is 12.0 Å². The van der Waals surface area contributed by atoms with E-state index < -0.39 is 0 Å². The van der Waals surface area contributed by atoms with Crippen molar-refractivity contribution in [2.24, 2.45) is 0 Å². The van der Waals surface area contributed by atoms with Crippen LogP contribution in [0.5, 0.6) is 0 Å². The zero-order chi connectivity index (χ0) is 17.1. The molecule has 1 aliphatic rings. The van der Waals surface area contributed by atoms with Crippen molar-refractivity contribution < 1.29 is 9.53 Å². The summed E-state index contributed by atoms with van der Waals surface area (Å²) < 4.78 is 7.55. The largest absolute Gasteiger partial charge is 0.373 e. The van der Waals surface area contributed by atoms with E-state index in [1.54, 1.807) is 0 Å². The molecule has 2 aromatic heterocycles. The zero-order valence-electron chi connectivity index (χ0n) is 14.0. The van der Waals surface area contributed by atoms with Crippen molar-refractivity contribution >= 4 is 28.8 Å². The summed E-state index contributed by atoms with van der Waals surface area (Å²) >= 11 is 7.66. The summed E-state index contributed by atoms with van der Waals surface area (Å²) in [4.78, 5) is 14.1. The Morgan fingerprint density at radius 2 is 2.33 bits per heavy atom. The second kappa shape index (κ2) is 7.68. The minimum absolute atomic E-state index is 0.0179. The second-order valence-corrected chi connectivity index (χ2v) is 7.51. The van der Waals surface area contributed by atoms with Gasteiger partial charge in [-0.1, -0.05) is 11.6 Å². The van der Waals surface area contributed by atoms with Crippen molar-refractivity contribution in [3.8, 4) is 0 Å². The minimum atomic E-state index is -0.0179. The first-order valence-corrected chi connectivity index (χ1v) is 9.44. The fourth-order valence-corrected chi connectivity index (χ4v) is 4.00. The molecule has 1 saturated heterocycles. The molecule has 0 spiro atoms. The number of carbonyl (C=O) groups excluding carboxylic acids is 1. The van der Waals surface area contributed by atoms with Gasteiger partial charge < -0.3 is 10.1 Å². The third kappa shape index (κ3) is 3.82. The minimum Gasteiger partial charge on any atom is -0.373 e. The highest BCUT2D eigenvalue weighted by atomic mass is 35.5. The number of carbonyl (C=O) groups is 1. The molecule has 5 nitrogen and oxygen atoms in total. The first-order chi connectivity index (χ1) is 11.6. The molecule has 0 bridgehead atoms. The summed E-state index contributed by atoms with van der Waals surface area (Å²) in [6, 6.07) is 3.89. The van der Waals surface area contributed by atoms with Gasteiger partial charge in [0, 0.05) is 24.6 Å². The van der Waals surface area contributed by atoms with Gasteiger partial charge in [-0.15, -0.1) is 11.3 Å². The predicted molar refractivity (Wildman–Crippen MR) is 95.9 cm³/mol. The van der Waals surface area contributed by atoms with Crippen molar-refractivity contribution in [2.75, 3.05) is 13.2 Å². The van der Waals surface area contributed by atoms with Crippen LogP contribution < -0.4 is 5.32 Å². The van der Waals surface area contributed by atoms with E-state index in [9.17, 15) is 4.79 Å². The normalized spacial score (nSPS) is 17.4. The molecule has 7 heteroatoms. The standard InChI is InChI=1S/C17H22ClN3O2S/c1-11-16(18)12(2)21(20-11)9-4-8-19-17(22)15-7-6-14(24-15)13-5-3-10-23-13/h6-7,13H,3-5,8-10H2,1-2H3,(H,19,22). The molecule has 2 aromatic rings. The number of nitrogens with zero attached hydrogens (tertiary/aromatic N) is 2. The van der Waals surface area contributed by atoms with Crippen molar-refractivity contribution in [1.82, 2.24) is 15.1 Å². The van der Waals surface area contributed by atoms with Gasteiger partial charge >= 0.3 is 0 Å². The van der Waals surface area contributed by atoms with Crippen molar-refractivity contribution in [3.63, 3.8) is 0 Å². The molecule has 1 aliphatic heterocycles. The quantitative estimate of drug-likeness (QED) is 0.788. The molecule has 3 heterocycles. The number of aromatic nitrogens is 2. The fraction of sp³-hybridized carbons (Fsp3) is 0.529. The van der Waals surface area contributed by atoms with E-state index in [0.717, 1.165) is 58.6 Å². The molecule has 0 aliphatic carbocycles. The molecule has 1 fully saturated rings. The highest BCUT2D eigenvalue weighted by Crippen LogP contribution is 2.33. The summed E-state index contributed by atoms with van der Waals surface area (Å²) in [6.45, 7) is 6.03. The van der Waals surface area contributed by atoms with Crippen molar-refractivity contribution in [2.45, 2.75) is 45.8 Å². The van der Waals surface area contributed by atoms with Crippen molar-refractivity contribution in [1.29, 1.82) is 0 Å². The maximum Gasteiger partial charge on any atom is 0.261 e. The third-order valence-electron chi connectivity index (χ3n) is 4.22. The van der Waals surface area contributed by atoms with Crippen LogP contribution in [0.25, 0.3) is 0 Å². The van der Waals surface area contributed by atoms with Gasteiger partial charge in [-0.25, -0.2) is 0 Å². The van der Waals surface area contributed by atoms with Gasteiger partial charge in [-0.3, -0.25) is 9.48 Å². The van der Waals surface area contributed by atoms with Crippen LogP contribution in [-0.2, 0) is 11.3 Å². The maximum atomic E-state index is 12.2. The summed E-state index contributed by atoms with van der Waals surface area (Å²) in [5.41, 5.74) is 1.82. The Balaban J connectivity index is 1.46. The molecule has 24 heavy (non-hydrogen) atoms. The van der Waals surface area contributed by atoms with Crippen LogP contribution in [0.2, 0.25) is 5.02 Å². The maximum absolute atomic E-state index is 12.2. The number of halogens is 1. The van der Waals surface area contributed by atoms with Gasteiger partial charge in [0.2, 0.25) is 0 Å². The lowest BCUT2D eigenvalue weighted by atomic mass is 10.2. The average molecular weight is 368 g/mol. The van der Waals surface area contributed by atoms with Crippen LogP contribution in [0.3, 0.4) is 0 Å². The Bertz CT molecular complexity index is 719. The van der Waals surface area contributed by atoms with Crippen LogP contribution in [0, 0.1) is 13.8 Å². The number of rotatable bonds is 6. The van der Waals surface area contributed by atoms with E-state index in [0.29, 0.717) is 6.54 Å². The number of aryl methyl sites for hydroxylation is 2. The van der Waals surface area contributed by atoms with Crippen LogP contribution in [0.1, 0.15) is 51.3 Å². The Morgan fingerprint density at radius 1 is 1.50 bits per heavy atom. The van der Waals surface area contributed by atoms with Crippen LogP contribution >= 0.6 is 22.9 Å². The number of hydrogen-bond acceptors (Lipinski definition) is 4. The molecule has 0 aromatic carbocycles. The average Bonchev–Trinajstić information content (AvgIpc) is 3.29. The molecule has 1 unspecified atom stereocenters. The Labute approximate surface area is 151 Å². The number of ether oxygens (including phenoxy) is 1. The lowest BCUT2D eigenvalue weighted by Gasteiger charge is -2.06. The zero-order valence-corrected chi connectivity index (χ0v) is 15.5. The summed E-state index contributed by atoms with van der Waals surface area (Å²) in [5.74, 6) is -0.0179. The number of amides is 1. The van der Waals surface area contributed by atoms with E-state index in [1.807, 2.05) is 30.7 Å². The summed E-state index contributed by atoms with van der Waals surface area (Å²) in [5, 5.41) is 8.08. The first kappa shape index (κ1) is 17.5. The predicted octanol–water partition coefficient (Wildman–Crippen LogP) is 3.89. The van der Waals surface area contributed by atoms with Gasteiger partial charge in [0.1, 0.15) is 0 Å². The molecular formula is C17H22ClN3O2S. The van der Waals surface area contributed by atoms with E-state index in [2.05, 4.69) is 10.4 Å². The highest BCUT2D eigenvalue weighted by Gasteiger charge is 2.20.